The van der Waals surface area contributed by atoms with Gasteiger partial charge in [-0.25, -0.2) is 13.1 Å². The predicted molar refractivity (Wildman–Crippen MR) is 74.1 cm³/mol. The Morgan fingerprint density at radius 2 is 2.05 bits per heavy atom. The van der Waals surface area contributed by atoms with Gasteiger partial charge in [-0.05, 0) is 20.3 Å². The average molecular weight is 303 g/mol. The Labute approximate surface area is 119 Å². The molecule has 8 heteroatoms. The van der Waals surface area contributed by atoms with Crippen molar-refractivity contribution in [2.45, 2.75) is 51.5 Å². The predicted octanol–water partition coefficient (Wildman–Crippen LogP) is 1.05. The molecule has 114 valence electrons. The van der Waals surface area contributed by atoms with Crippen molar-refractivity contribution in [3.8, 4) is 0 Å². The molecule has 0 saturated carbocycles. The Bertz CT molecular complexity index is 578. The summed E-state index contributed by atoms with van der Waals surface area (Å²) in [6.07, 6.45) is 1.58. The molecule has 2 N–H and O–H groups in total. The third-order valence-corrected chi connectivity index (χ3v) is 4.66. The summed E-state index contributed by atoms with van der Waals surface area (Å²) in [5.74, 6) is -0.942. The van der Waals surface area contributed by atoms with Gasteiger partial charge in [-0.1, -0.05) is 13.3 Å². The highest BCUT2D eigenvalue weighted by Crippen LogP contribution is 2.19. The van der Waals surface area contributed by atoms with Gasteiger partial charge in [0.2, 0.25) is 10.0 Å². The summed E-state index contributed by atoms with van der Waals surface area (Å²) in [4.78, 5) is 10.7. The third kappa shape index (κ3) is 4.04. The van der Waals surface area contributed by atoms with Crippen molar-refractivity contribution >= 4 is 16.0 Å². The van der Waals surface area contributed by atoms with Gasteiger partial charge in [-0.2, -0.15) is 5.10 Å². The van der Waals surface area contributed by atoms with E-state index in [4.69, 9.17) is 5.11 Å². The van der Waals surface area contributed by atoms with Crippen LogP contribution >= 0.6 is 0 Å². The molecule has 0 aliphatic heterocycles. The van der Waals surface area contributed by atoms with Crippen LogP contribution in [0.5, 0.6) is 0 Å². The molecule has 0 amide bonds. The third-order valence-electron chi connectivity index (χ3n) is 2.94. The normalized spacial score (nSPS) is 11.8. The first-order valence-electron chi connectivity index (χ1n) is 6.55. The summed E-state index contributed by atoms with van der Waals surface area (Å²) in [6.45, 7) is 5.77. The van der Waals surface area contributed by atoms with Crippen LogP contribution in [0.25, 0.3) is 0 Å². The van der Waals surface area contributed by atoms with E-state index in [9.17, 15) is 13.2 Å². The summed E-state index contributed by atoms with van der Waals surface area (Å²) in [7, 11) is -3.59. The second-order valence-electron chi connectivity index (χ2n) is 4.62. The van der Waals surface area contributed by atoms with Crippen LogP contribution in [0.2, 0.25) is 0 Å². The molecule has 7 nitrogen and oxygen atoms in total. The molecule has 0 fully saturated rings. The first-order valence-corrected chi connectivity index (χ1v) is 8.03. The second-order valence-corrected chi connectivity index (χ2v) is 6.32. The van der Waals surface area contributed by atoms with E-state index in [-0.39, 0.29) is 17.9 Å². The Balaban J connectivity index is 2.97. The number of carbonyl (C=O) groups is 1. The zero-order valence-corrected chi connectivity index (χ0v) is 12.8. The molecule has 1 aromatic heterocycles. The lowest BCUT2D eigenvalue weighted by atomic mass is 10.3. The zero-order valence-electron chi connectivity index (χ0n) is 12.0. The van der Waals surface area contributed by atoms with Crippen LogP contribution in [-0.4, -0.2) is 35.8 Å². The van der Waals surface area contributed by atoms with Crippen molar-refractivity contribution in [2.24, 2.45) is 0 Å². The van der Waals surface area contributed by atoms with Crippen LogP contribution in [0.3, 0.4) is 0 Å². The smallest absolute Gasteiger partial charge is 0.305 e. The molecule has 0 aliphatic carbocycles. The van der Waals surface area contributed by atoms with E-state index < -0.39 is 16.0 Å². The molecule has 0 aliphatic rings. The highest BCUT2D eigenvalue weighted by atomic mass is 32.2. The van der Waals surface area contributed by atoms with Crippen molar-refractivity contribution in [3.05, 3.63) is 11.4 Å². The van der Waals surface area contributed by atoms with Crippen LogP contribution in [0.1, 0.15) is 37.6 Å². The Morgan fingerprint density at radius 1 is 1.40 bits per heavy atom. The molecule has 0 spiro atoms. The number of aliphatic carboxylic acids is 1. The van der Waals surface area contributed by atoms with E-state index in [1.165, 1.54) is 4.68 Å². The van der Waals surface area contributed by atoms with E-state index in [0.29, 0.717) is 17.9 Å². The summed E-state index contributed by atoms with van der Waals surface area (Å²) in [5, 5.41) is 12.8. The molecule has 1 rings (SSSR count). The van der Waals surface area contributed by atoms with Gasteiger partial charge in [0.1, 0.15) is 4.90 Å². The number of sulfonamides is 1. The van der Waals surface area contributed by atoms with Gasteiger partial charge in [0.15, 0.2) is 0 Å². The van der Waals surface area contributed by atoms with Crippen molar-refractivity contribution in [1.82, 2.24) is 14.5 Å². The van der Waals surface area contributed by atoms with Gasteiger partial charge < -0.3 is 5.11 Å². The number of aryl methyl sites for hydroxylation is 2. The monoisotopic (exact) mass is 303 g/mol. The number of rotatable bonds is 8. The summed E-state index contributed by atoms with van der Waals surface area (Å²) in [5.41, 5.74) is 0.852. The van der Waals surface area contributed by atoms with E-state index in [0.717, 1.165) is 12.8 Å². The fraction of sp³-hybridized carbons (Fsp3) is 0.667. The minimum absolute atomic E-state index is 0.0925. The van der Waals surface area contributed by atoms with Crippen molar-refractivity contribution < 1.29 is 18.3 Å². The van der Waals surface area contributed by atoms with Crippen LogP contribution in [0.15, 0.2) is 4.90 Å². The van der Waals surface area contributed by atoms with Crippen molar-refractivity contribution in [2.75, 3.05) is 6.54 Å². The van der Waals surface area contributed by atoms with Crippen molar-refractivity contribution in [1.29, 1.82) is 0 Å². The average Bonchev–Trinajstić information content (AvgIpc) is 2.62. The standard InChI is InChI=1S/C12H21N3O4S/c1-4-5-7-13-20(18,19)12-9(2)14-15(10(12)3)8-6-11(16)17/h13H,4-8H2,1-3H3,(H,16,17). The molecule has 20 heavy (non-hydrogen) atoms. The van der Waals surface area contributed by atoms with Gasteiger partial charge in [-0.3, -0.25) is 9.48 Å². The van der Waals surface area contributed by atoms with Crippen LogP contribution < -0.4 is 4.72 Å². The molecule has 0 saturated heterocycles. The molecule has 0 aromatic carbocycles. The molecule has 0 radical (unpaired) electrons. The number of carboxylic acids is 1. The lowest BCUT2D eigenvalue weighted by Gasteiger charge is -2.07. The molecule has 0 bridgehead atoms. The molecule has 0 atom stereocenters. The summed E-state index contributed by atoms with van der Waals surface area (Å²) >= 11 is 0. The lowest BCUT2D eigenvalue weighted by molar-refractivity contribution is -0.137. The Kier molecular flexibility index (Phi) is 5.70. The maximum Gasteiger partial charge on any atom is 0.305 e. The fourth-order valence-corrected chi connectivity index (χ4v) is 3.43. The minimum Gasteiger partial charge on any atom is -0.481 e. The number of nitrogens with zero attached hydrogens (tertiary/aromatic N) is 2. The van der Waals surface area contributed by atoms with Crippen LogP contribution in [0.4, 0.5) is 0 Å². The number of carboxylic acid groups (broad SMARTS) is 1. The quantitative estimate of drug-likeness (QED) is 0.699. The molecular formula is C12H21N3O4S. The topological polar surface area (TPSA) is 101 Å². The number of nitrogens with one attached hydrogen (secondary N) is 1. The molecular weight excluding hydrogens is 282 g/mol. The Hall–Kier alpha value is -1.41. The van der Waals surface area contributed by atoms with Crippen molar-refractivity contribution in [3.63, 3.8) is 0 Å². The number of aromatic nitrogens is 2. The van der Waals surface area contributed by atoms with E-state index >= 15 is 0 Å². The number of hydrogen-bond donors (Lipinski definition) is 2. The first-order chi connectivity index (χ1) is 9.29. The highest BCUT2D eigenvalue weighted by Gasteiger charge is 2.24. The second kappa shape index (κ2) is 6.85. The number of hydrogen-bond acceptors (Lipinski definition) is 4. The summed E-state index contributed by atoms with van der Waals surface area (Å²) < 4.78 is 28.4. The van der Waals surface area contributed by atoms with E-state index in [1.54, 1.807) is 13.8 Å². The van der Waals surface area contributed by atoms with Crippen LogP contribution in [-0.2, 0) is 21.4 Å². The summed E-state index contributed by atoms with van der Waals surface area (Å²) in [6, 6.07) is 0. The van der Waals surface area contributed by atoms with Gasteiger partial charge in [0.05, 0.1) is 24.4 Å². The zero-order chi connectivity index (χ0) is 15.3. The van der Waals surface area contributed by atoms with Gasteiger partial charge in [0.25, 0.3) is 0 Å². The number of unbranched alkanes of at least 4 members (excludes halogenated alkanes) is 1. The highest BCUT2D eigenvalue weighted by molar-refractivity contribution is 7.89. The fourth-order valence-electron chi connectivity index (χ4n) is 1.94. The maximum absolute atomic E-state index is 12.2. The van der Waals surface area contributed by atoms with Gasteiger partial charge in [-0.15, -0.1) is 0 Å². The largest absolute Gasteiger partial charge is 0.481 e. The minimum atomic E-state index is -3.59. The van der Waals surface area contributed by atoms with Crippen LogP contribution in [0, 0.1) is 13.8 Å². The van der Waals surface area contributed by atoms with E-state index in [2.05, 4.69) is 9.82 Å². The molecule has 0 unspecified atom stereocenters. The lowest BCUT2D eigenvalue weighted by Crippen LogP contribution is -2.25. The van der Waals surface area contributed by atoms with E-state index in [1.807, 2.05) is 6.92 Å². The molecule has 1 heterocycles. The Morgan fingerprint density at radius 3 is 2.60 bits per heavy atom. The maximum atomic E-state index is 12.2. The van der Waals surface area contributed by atoms with Gasteiger partial charge in [0, 0.05) is 6.54 Å². The molecule has 1 aromatic rings. The first kappa shape index (κ1) is 16.6. The van der Waals surface area contributed by atoms with Gasteiger partial charge >= 0.3 is 5.97 Å². The SMILES string of the molecule is CCCCNS(=O)(=O)c1c(C)nn(CCC(=O)O)c1C.